The van der Waals surface area contributed by atoms with E-state index in [1.165, 1.54) is 22.9 Å². The Labute approximate surface area is 153 Å². The quantitative estimate of drug-likeness (QED) is 0.317. The standard InChI is InChI=1S/C21H15NO5/c23-18-7-3-4-10-22(18)12-20(25)26-13-15-11-19(24)27-17-9-8-14-5-1-2-6-16(14)21(15)17/h1-11H,12-13H2. The van der Waals surface area contributed by atoms with E-state index in [4.69, 9.17) is 9.15 Å². The van der Waals surface area contributed by atoms with Gasteiger partial charge in [-0.2, -0.15) is 0 Å². The number of carbonyl (C=O) groups excluding carboxylic acids is 1. The molecule has 134 valence electrons. The molecule has 0 aliphatic carbocycles. The Balaban J connectivity index is 1.66. The van der Waals surface area contributed by atoms with E-state index in [9.17, 15) is 14.4 Å². The third-order valence-electron chi connectivity index (χ3n) is 4.30. The Morgan fingerprint density at radius 2 is 1.81 bits per heavy atom. The molecule has 0 saturated carbocycles. The molecule has 2 aromatic carbocycles. The van der Waals surface area contributed by atoms with Crippen LogP contribution in [0.15, 0.2) is 80.9 Å². The number of nitrogens with zero attached hydrogens (tertiary/aromatic N) is 1. The number of fused-ring (bicyclic) bond motifs is 3. The summed E-state index contributed by atoms with van der Waals surface area (Å²) >= 11 is 0. The van der Waals surface area contributed by atoms with E-state index in [2.05, 4.69) is 0 Å². The first-order valence-corrected chi connectivity index (χ1v) is 8.37. The summed E-state index contributed by atoms with van der Waals surface area (Å²) in [6, 6.07) is 17.3. The van der Waals surface area contributed by atoms with Crippen LogP contribution in [0, 0.1) is 0 Å². The van der Waals surface area contributed by atoms with Gasteiger partial charge in [0.05, 0.1) is 0 Å². The molecule has 4 rings (SSSR count). The predicted octanol–water partition coefficient (Wildman–Crippen LogP) is 2.85. The maximum Gasteiger partial charge on any atom is 0.336 e. The number of carbonyl (C=O) groups is 1. The smallest absolute Gasteiger partial charge is 0.336 e. The molecule has 2 heterocycles. The Kier molecular flexibility index (Phi) is 4.30. The molecule has 0 N–H and O–H groups in total. The minimum absolute atomic E-state index is 0.0868. The molecular weight excluding hydrogens is 346 g/mol. The van der Waals surface area contributed by atoms with Crippen LogP contribution >= 0.6 is 0 Å². The molecule has 0 spiro atoms. The van der Waals surface area contributed by atoms with Crippen molar-refractivity contribution in [2.45, 2.75) is 13.2 Å². The van der Waals surface area contributed by atoms with Crippen molar-refractivity contribution in [1.82, 2.24) is 4.57 Å². The monoisotopic (exact) mass is 361 g/mol. The normalized spacial score (nSPS) is 11.0. The van der Waals surface area contributed by atoms with Gasteiger partial charge >= 0.3 is 11.6 Å². The van der Waals surface area contributed by atoms with Crippen LogP contribution < -0.4 is 11.2 Å². The molecular formula is C21H15NO5. The van der Waals surface area contributed by atoms with Gasteiger partial charge in [0.25, 0.3) is 5.56 Å². The van der Waals surface area contributed by atoms with E-state index in [-0.39, 0.29) is 18.7 Å². The summed E-state index contributed by atoms with van der Waals surface area (Å²) in [6.45, 7) is -0.281. The maximum absolute atomic E-state index is 12.1. The molecule has 0 radical (unpaired) electrons. The highest BCUT2D eigenvalue weighted by molar-refractivity contribution is 6.07. The van der Waals surface area contributed by atoms with Crippen LogP contribution in [-0.4, -0.2) is 10.5 Å². The molecule has 2 aromatic heterocycles. The number of pyridine rings is 1. The van der Waals surface area contributed by atoms with Gasteiger partial charge in [0.2, 0.25) is 0 Å². The van der Waals surface area contributed by atoms with Gasteiger partial charge in [-0.1, -0.05) is 36.4 Å². The molecule has 0 saturated heterocycles. The van der Waals surface area contributed by atoms with E-state index in [1.807, 2.05) is 30.3 Å². The second kappa shape index (κ2) is 6.92. The Morgan fingerprint density at radius 1 is 1.00 bits per heavy atom. The average molecular weight is 361 g/mol. The fourth-order valence-electron chi connectivity index (χ4n) is 3.07. The number of hydrogen-bond acceptors (Lipinski definition) is 5. The van der Waals surface area contributed by atoms with E-state index in [0.717, 1.165) is 16.2 Å². The Morgan fingerprint density at radius 3 is 2.67 bits per heavy atom. The van der Waals surface area contributed by atoms with E-state index in [0.29, 0.717) is 11.1 Å². The van der Waals surface area contributed by atoms with Gasteiger partial charge < -0.3 is 13.7 Å². The lowest BCUT2D eigenvalue weighted by Gasteiger charge is -2.10. The molecule has 0 aliphatic heterocycles. The number of ether oxygens (including phenoxy) is 1. The molecule has 0 bridgehead atoms. The zero-order valence-corrected chi connectivity index (χ0v) is 14.3. The summed E-state index contributed by atoms with van der Waals surface area (Å²) in [7, 11) is 0. The molecule has 0 amide bonds. The van der Waals surface area contributed by atoms with E-state index < -0.39 is 11.6 Å². The number of rotatable bonds is 4. The van der Waals surface area contributed by atoms with E-state index in [1.54, 1.807) is 18.2 Å². The van der Waals surface area contributed by atoms with Crippen molar-refractivity contribution in [1.29, 1.82) is 0 Å². The number of aromatic nitrogens is 1. The van der Waals surface area contributed by atoms with Gasteiger partial charge in [-0.25, -0.2) is 4.79 Å². The van der Waals surface area contributed by atoms with Crippen molar-refractivity contribution in [3.05, 3.63) is 93.2 Å². The van der Waals surface area contributed by atoms with Gasteiger partial charge in [-0.05, 0) is 22.9 Å². The minimum atomic E-state index is -0.565. The summed E-state index contributed by atoms with van der Waals surface area (Å²) in [5, 5.41) is 2.63. The molecule has 6 nitrogen and oxygen atoms in total. The van der Waals surface area contributed by atoms with Crippen LogP contribution in [0.25, 0.3) is 21.7 Å². The van der Waals surface area contributed by atoms with Crippen molar-refractivity contribution in [2.24, 2.45) is 0 Å². The number of hydrogen-bond donors (Lipinski definition) is 0. The molecule has 4 aromatic rings. The Hall–Kier alpha value is -3.67. The van der Waals surface area contributed by atoms with Gasteiger partial charge in [-0.15, -0.1) is 0 Å². The first kappa shape index (κ1) is 16.8. The first-order chi connectivity index (χ1) is 13.1. The molecule has 0 fully saturated rings. The topological polar surface area (TPSA) is 78.5 Å². The highest BCUT2D eigenvalue weighted by Crippen LogP contribution is 2.27. The van der Waals surface area contributed by atoms with Gasteiger partial charge in [0.15, 0.2) is 0 Å². The van der Waals surface area contributed by atoms with Crippen molar-refractivity contribution in [2.75, 3.05) is 0 Å². The van der Waals surface area contributed by atoms with Crippen LogP contribution in [0.5, 0.6) is 0 Å². The van der Waals surface area contributed by atoms with Crippen molar-refractivity contribution in [3.8, 4) is 0 Å². The molecule has 27 heavy (non-hydrogen) atoms. The highest BCUT2D eigenvalue weighted by atomic mass is 16.5. The van der Waals surface area contributed by atoms with Gasteiger partial charge in [0, 0.05) is 29.3 Å². The highest BCUT2D eigenvalue weighted by Gasteiger charge is 2.12. The lowest BCUT2D eigenvalue weighted by atomic mass is 10.0. The van der Waals surface area contributed by atoms with Crippen LogP contribution in [0.2, 0.25) is 0 Å². The fourth-order valence-corrected chi connectivity index (χ4v) is 3.07. The third-order valence-corrected chi connectivity index (χ3v) is 4.30. The lowest BCUT2D eigenvalue weighted by molar-refractivity contribution is -0.145. The summed E-state index contributed by atoms with van der Waals surface area (Å²) in [4.78, 5) is 35.7. The number of benzene rings is 2. The SMILES string of the molecule is O=C(Cn1ccccc1=O)OCc1cc(=O)oc2ccc3ccccc3c12. The van der Waals surface area contributed by atoms with Crippen LogP contribution in [0.3, 0.4) is 0 Å². The minimum Gasteiger partial charge on any atom is -0.459 e. The number of esters is 1. The summed E-state index contributed by atoms with van der Waals surface area (Å²) < 4.78 is 11.9. The van der Waals surface area contributed by atoms with Crippen LogP contribution in [-0.2, 0) is 22.7 Å². The second-order valence-corrected chi connectivity index (χ2v) is 6.08. The fraction of sp³-hybridized carbons (Fsp3) is 0.0952. The summed E-state index contributed by atoms with van der Waals surface area (Å²) in [5.41, 5.74) is 0.202. The first-order valence-electron chi connectivity index (χ1n) is 8.37. The lowest BCUT2D eigenvalue weighted by Crippen LogP contribution is -2.23. The molecule has 0 unspecified atom stereocenters. The predicted molar refractivity (Wildman–Crippen MR) is 100 cm³/mol. The van der Waals surface area contributed by atoms with Crippen molar-refractivity contribution in [3.63, 3.8) is 0 Å². The average Bonchev–Trinajstić information content (AvgIpc) is 2.67. The van der Waals surface area contributed by atoms with Crippen molar-refractivity contribution >= 4 is 27.7 Å². The van der Waals surface area contributed by atoms with Crippen molar-refractivity contribution < 1.29 is 13.9 Å². The molecule has 0 atom stereocenters. The van der Waals surface area contributed by atoms with Gasteiger partial charge in [-0.3, -0.25) is 9.59 Å². The van der Waals surface area contributed by atoms with Crippen LogP contribution in [0.1, 0.15) is 5.56 Å². The maximum atomic E-state index is 12.1. The summed E-state index contributed by atoms with van der Waals surface area (Å²) in [6.07, 6.45) is 1.52. The van der Waals surface area contributed by atoms with Gasteiger partial charge in [0.1, 0.15) is 18.7 Å². The summed E-state index contributed by atoms with van der Waals surface area (Å²) in [5.74, 6) is -0.565. The zero-order valence-electron chi connectivity index (χ0n) is 14.3. The van der Waals surface area contributed by atoms with E-state index >= 15 is 0 Å². The van der Waals surface area contributed by atoms with Crippen LogP contribution in [0.4, 0.5) is 0 Å². The molecule has 0 aliphatic rings. The second-order valence-electron chi connectivity index (χ2n) is 6.08. The third kappa shape index (κ3) is 3.37. The Bertz CT molecular complexity index is 1270. The zero-order chi connectivity index (χ0) is 18.8. The molecule has 6 heteroatoms. The largest absolute Gasteiger partial charge is 0.459 e.